The van der Waals surface area contributed by atoms with Gasteiger partial charge >= 0.3 is 11.7 Å². The number of hydrogen-bond acceptors (Lipinski definition) is 2. The van der Waals surface area contributed by atoms with Gasteiger partial charge in [0.1, 0.15) is 0 Å². The van der Waals surface area contributed by atoms with Gasteiger partial charge in [-0.15, -0.1) is 0 Å². The van der Waals surface area contributed by atoms with Crippen LogP contribution in [0.4, 0.5) is 0 Å². The first-order chi connectivity index (χ1) is 3.84. The van der Waals surface area contributed by atoms with Crippen molar-refractivity contribution in [3.63, 3.8) is 0 Å². The van der Waals surface area contributed by atoms with E-state index < -0.39 is 0 Å². The summed E-state index contributed by atoms with van der Waals surface area (Å²) in [5.41, 5.74) is 0. The predicted octanol–water partition coefficient (Wildman–Crippen LogP) is 0.119. The number of nitrogens with zero attached hydrogens (tertiary/aromatic N) is 1. The van der Waals surface area contributed by atoms with E-state index in [1.54, 1.807) is 0 Å². The fourth-order valence-electron chi connectivity index (χ4n) is 0.859. The maximum absolute atomic E-state index is 9.97. The second kappa shape index (κ2) is 2.51. The van der Waals surface area contributed by atoms with Gasteiger partial charge < -0.3 is 0 Å². The summed E-state index contributed by atoms with van der Waals surface area (Å²) in [4.78, 5) is 2.21. The van der Waals surface area contributed by atoms with Gasteiger partial charge in [0.05, 0.1) is 6.04 Å². The van der Waals surface area contributed by atoms with Crippen molar-refractivity contribution in [2.75, 3.05) is 19.3 Å². The summed E-state index contributed by atoms with van der Waals surface area (Å²) in [7, 11) is 2.06. The Balaban J connectivity index is 2.16. The molecule has 0 aliphatic carbocycles. The summed E-state index contributed by atoms with van der Waals surface area (Å²) in [5, 5.41) is 0. The maximum atomic E-state index is 9.97. The highest BCUT2D eigenvalue weighted by molar-refractivity contribution is 7.65. The zero-order chi connectivity index (χ0) is 5.98. The summed E-state index contributed by atoms with van der Waals surface area (Å²) in [6, 6.07) is 0.581. The van der Waals surface area contributed by atoms with Gasteiger partial charge in [-0.25, -0.2) is 0 Å². The van der Waals surface area contributed by atoms with E-state index in [0.29, 0.717) is 17.7 Å². The molecule has 1 fully saturated rings. The molecule has 8 heavy (non-hydrogen) atoms. The average molecular weight is 132 g/mol. The van der Waals surface area contributed by atoms with Gasteiger partial charge in [0.25, 0.3) is 0 Å². The summed E-state index contributed by atoms with van der Waals surface area (Å²) < 4.78 is 9.97. The van der Waals surface area contributed by atoms with E-state index in [2.05, 4.69) is 11.9 Å². The summed E-state index contributed by atoms with van der Waals surface area (Å²) in [6.07, 6.45) is 1.21. The smallest absolute Gasteiger partial charge is 0.298 e. The second-order valence-electron chi connectivity index (χ2n) is 2.21. The van der Waals surface area contributed by atoms with Gasteiger partial charge in [-0.3, -0.25) is 4.90 Å². The summed E-state index contributed by atoms with van der Waals surface area (Å²) in [6.45, 7) is 1.17. The molecule has 0 amide bonds. The van der Waals surface area contributed by atoms with Crippen LogP contribution < -0.4 is 0 Å². The van der Waals surface area contributed by atoms with Crippen molar-refractivity contribution in [1.82, 2.24) is 4.90 Å². The van der Waals surface area contributed by atoms with Crippen molar-refractivity contribution in [3.05, 3.63) is 0 Å². The Bertz CT molecular complexity index is 96.4. The van der Waals surface area contributed by atoms with Gasteiger partial charge in [-0.1, -0.05) is 0 Å². The van der Waals surface area contributed by atoms with Crippen LogP contribution in [0.25, 0.3) is 0 Å². The van der Waals surface area contributed by atoms with E-state index in [0.717, 1.165) is 5.75 Å². The zero-order valence-corrected chi connectivity index (χ0v) is 5.78. The fraction of sp³-hybridized carbons (Fsp3) is 1.00. The predicted molar refractivity (Wildman–Crippen MR) is 34.0 cm³/mol. The van der Waals surface area contributed by atoms with Crippen LogP contribution in [0.1, 0.15) is 6.42 Å². The molecule has 0 aromatic heterocycles. The number of hydrogen-bond donors (Lipinski definition) is 0. The Kier molecular flexibility index (Phi) is 1.91. The molecule has 1 saturated heterocycles. The van der Waals surface area contributed by atoms with E-state index in [-0.39, 0.29) is 0 Å². The molecule has 1 rings (SSSR count). The number of rotatable bonds is 2. The molecule has 1 heterocycles. The third kappa shape index (κ3) is 1.03. The Morgan fingerprint density at radius 1 is 1.88 bits per heavy atom. The van der Waals surface area contributed by atoms with Gasteiger partial charge in [0, 0.05) is 10.8 Å². The highest BCUT2D eigenvalue weighted by atomic mass is 32.1. The normalized spacial score (nSPS) is 29.4. The highest BCUT2D eigenvalue weighted by Gasteiger charge is 2.28. The van der Waals surface area contributed by atoms with Crippen molar-refractivity contribution in [1.29, 1.82) is 0 Å². The van der Waals surface area contributed by atoms with Crippen LogP contribution in [0.2, 0.25) is 0 Å². The van der Waals surface area contributed by atoms with E-state index >= 15 is 0 Å². The van der Waals surface area contributed by atoms with Crippen molar-refractivity contribution in [3.8, 4) is 0 Å². The molecule has 2 nitrogen and oxygen atoms in total. The third-order valence-electron chi connectivity index (χ3n) is 1.70. The maximum Gasteiger partial charge on any atom is 0.460 e. The second-order valence-corrected chi connectivity index (χ2v) is 2.78. The first-order valence-corrected chi connectivity index (χ1v) is 3.70. The van der Waals surface area contributed by atoms with E-state index in [9.17, 15) is 4.21 Å². The lowest BCUT2D eigenvalue weighted by molar-refractivity contribution is 0.146. The monoisotopic (exact) mass is 132 g/mol. The molecule has 1 unspecified atom stereocenters. The van der Waals surface area contributed by atoms with Crippen LogP contribution >= 0.6 is 0 Å². The molecule has 1 atom stereocenters. The zero-order valence-electron chi connectivity index (χ0n) is 4.96. The molecule has 3 heteroatoms. The minimum absolute atomic E-state index is 0.581. The van der Waals surface area contributed by atoms with Crippen LogP contribution in [-0.2, 0) is 15.9 Å². The van der Waals surface area contributed by atoms with Gasteiger partial charge in [-0.05, 0) is 13.5 Å². The number of likely N-dealkylation sites (tertiary alicyclic amines) is 1. The Hall–Kier alpha value is -0.0200. The molecule has 0 spiro atoms. The third-order valence-corrected chi connectivity index (χ3v) is 2.22. The van der Waals surface area contributed by atoms with Crippen LogP contribution in [0, 0.1) is 0 Å². The van der Waals surface area contributed by atoms with Crippen molar-refractivity contribution in [2.24, 2.45) is 0 Å². The minimum Gasteiger partial charge on any atom is -0.298 e. The molecule has 0 radical (unpaired) electrons. The van der Waals surface area contributed by atoms with Gasteiger partial charge in [-0.2, -0.15) is 0 Å². The Morgan fingerprint density at radius 2 is 2.62 bits per heavy atom. The molecule has 46 valence electrons. The minimum atomic E-state index is 0.581. The van der Waals surface area contributed by atoms with E-state index in [1.807, 2.05) is 0 Å². The lowest BCUT2D eigenvalue weighted by atomic mass is 10.1. The average Bonchev–Trinajstić information content (AvgIpc) is 1.79. The largest absolute Gasteiger partial charge is 0.460 e. The highest BCUT2D eigenvalue weighted by Crippen LogP contribution is 2.12. The van der Waals surface area contributed by atoms with Crippen LogP contribution in [0.15, 0.2) is 0 Å². The topological polar surface area (TPSA) is 20.3 Å². The van der Waals surface area contributed by atoms with E-state index in [1.165, 1.54) is 13.0 Å². The quantitative estimate of drug-likeness (QED) is 0.497. The standard InChI is InChI=1S/C5H10NOS/c1-6-3-2-5(6)4-8-7/h5H,2-4H2,1H3/q+1. The van der Waals surface area contributed by atoms with Crippen LogP contribution in [-0.4, -0.2) is 30.3 Å². The lowest BCUT2D eigenvalue weighted by Gasteiger charge is -2.33. The van der Waals surface area contributed by atoms with Crippen molar-refractivity contribution in [2.45, 2.75) is 12.5 Å². The molecular weight excluding hydrogens is 122 g/mol. The van der Waals surface area contributed by atoms with Crippen LogP contribution in [0.3, 0.4) is 0 Å². The van der Waals surface area contributed by atoms with Crippen molar-refractivity contribution < 1.29 is 4.21 Å². The fourth-order valence-corrected chi connectivity index (χ4v) is 1.44. The Labute approximate surface area is 53.4 Å². The molecule has 1 aliphatic rings. The van der Waals surface area contributed by atoms with Gasteiger partial charge in [0.15, 0.2) is 0 Å². The molecule has 0 N–H and O–H groups in total. The summed E-state index contributed by atoms with van der Waals surface area (Å²) >= 11 is 0.698. The first kappa shape index (κ1) is 6.11. The molecular formula is C5H10NOS+. The lowest BCUT2D eigenvalue weighted by Crippen LogP contribution is -2.46. The first-order valence-electron chi connectivity index (χ1n) is 2.79. The molecule has 0 aromatic rings. The van der Waals surface area contributed by atoms with Gasteiger partial charge in [0.2, 0.25) is 5.75 Å². The summed E-state index contributed by atoms with van der Waals surface area (Å²) in [5.74, 6) is 0.760. The molecule has 0 aromatic carbocycles. The molecule has 0 bridgehead atoms. The molecule has 0 saturated carbocycles. The SMILES string of the molecule is CN1CCC1C[S+]=O. The van der Waals surface area contributed by atoms with Crippen LogP contribution in [0.5, 0.6) is 0 Å². The molecule has 1 aliphatic heterocycles. The Morgan fingerprint density at radius 3 is 2.75 bits per heavy atom. The van der Waals surface area contributed by atoms with E-state index in [4.69, 9.17) is 0 Å². The van der Waals surface area contributed by atoms with Crippen molar-refractivity contribution >= 4 is 11.7 Å².